The number of anilines is 1. The van der Waals surface area contributed by atoms with E-state index in [1.165, 1.54) is 0 Å². The monoisotopic (exact) mass is 263 g/mol. The van der Waals surface area contributed by atoms with Gasteiger partial charge in [-0.15, -0.1) is 0 Å². The Labute approximate surface area is 111 Å². The minimum absolute atomic E-state index is 0.00873. The average molecular weight is 263 g/mol. The molecule has 3 atom stereocenters. The van der Waals surface area contributed by atoms with Crippen molar-refractivity contribution in [3.05, 3.63) is 29.3 Å². The van der Waals surface area contributed by atoms with E-state index in [2.05, 4.69) is 5.32 Å². The predicted octanol–water partition coefficient (Wildman–Crippen LogP) is 1.32. The number of fused-ring (bicyclic) bond motifs is 4. The molecule has 2 bridgehead atoms. The largest absolute Gasteiger partial charge is 0.481 e. The van der Waals surface area contributed by atoms with Crippen molar-refractivity contribution >= 4 is 11.7 Å². The topological polar surface area (TPSA) is 78.8 Å². The number of carboxylic acids is 1. The molecule has 0 radical (unpaired) electrons. The van der Waals surface area contributed by atoms with E-state index in [1.807, 2.05) is 18.2 Å². The second-order valence-electron chi connectivity index (χ2n) is 5.19. The number of carboxylic acid groups (broad SMARTS) is 1. The molecule has 2 aliphatic rings. The van der Waals surface area contributed by atoms with E-state index in [0.717, 1.165) is 23.2 Å². The molecule has 0 saturated carbocycles. The van der Waals surface area contributed by atoms with Gasteiger partial charge in [-0.05, 0) is 18.1 Å². The van der Waals surface area contributed by atoms with Gasteiger partial charge in [-0.2, -0.15) is 0 Å². The van der Waals surface area contributed by atoms with Crippen LogP contribution in [0.5, 0.6) is 0 Å². The molecule has 0 amide bonds. The number of hydrogen-bond acceptors (Lipinski definition) is 4. The van der Waals surface area contributed by atoms with Crippen molar-refractivity contribution in [3.63, 3.8) is 0 Å². The maximum absolute atomic E-state index is 10.6. The summed E-state index contributed by atoms with van der Waals surface area (Å²) in [7, 11) is 0. The number of hydrogen-bond donors (Lipinski definition) is 3. The second kappa shape index (κ2) is 4.83. The van der Waals surface area contributed by atoms with E-state index in [4.69, 9.17) is 9.84 Å². The third kappa shape index (κ3) is 2.43. The molecule has 2 heterocycles. The maximum atomic E-state index is 10.6. The molecule has 102 valence electrons. The first kappa shape index (κ1) is 12.4. The summed E-state index contributed by atoms with van der Waals surface area (Å²) in [6.45, 7) is 0.348. The number of aliphatic hydroxyl groups excluding tert-OH is 1. The first-order chi connectivity index (χ1) is 9.13. The molecule has 2 aliphatic heterocycles. The van der Waals surface area contributed by atoms with Gasteiger partial charge in [-0.1, -0.05) is 12.1 Å². The van der Waals surface area contributed by atoms with Crippen molar-refractivity contribution in [2.75, 3.05) is 11.9 Å². The van der Waals surface area contributed by atoms with Crippen LogP contribution in [-0.4, -0.2) is 34.9 Å². The van der Waals surface area contributed by atoms with E-state index in [1.54, 1.807) is 0 Å². The zero-order chi connectivity index (χ0) is 13.4. The van der Waals surface area contributed by atoms with Crippen LogP contribution in [0.25, 0.3) is 0 Å². The third-order valence-corrected chi connectivity index (χ3v) is 3.83. The van der Waals surface area contributed by atoms with Crippen LogP contribution < -0.4 is 5.32 Å². The smallest absolute Gasteiger partial charge is 0.303 e. The van der Waals surface area contributed by atoms with Gasteiger partial charge in [-0.25, -0.2) is 0 Å². The van der Waals surface area contributed by atoms with Crippen LogP contribution in [0.3, 0.4) is 0 Å². The Balaban J connectivity index is 1.83. The summed E-state index contributed by atoms with van der Waals surface area (Å²) in [6, 6.07) is 5.95. The highest BCUT2D eigenvalue weighted by Crippen LogP contribution is 2.39. The second-order valence-corrected chi connectivity index (χ2v) is 5.19. The normalized spacial score (nSPS) is 28.4. The third-order valence-electron chi connectivity index (χ3n) is 3.83. The highest BCUT2D eigenvalue weighted by molar-refractivity contribution is 5.67. The Morgan fingerprint density at radius 3 is 3.11 bits per heavy atom. The highest BCUT2D eigenvalue weighted by Gasteiger charge is 2.36. The van der Waals surface area contributed by atoms with E-state index in [0.29, 0.717) is 13.0 Å². The molecule has 5 nitrogen and oxygen atoms in total. The number of aliphatic hydroxyl groups is 1. The fourth-order valence-corrected chi connectivity index (χ4v) is 2.78. The fraction of sp³-hybridized carbons (Fsp3) is 0.500. The Kier molecular flexibility index (Phi) is 3.16. The lowest BCUT2D eigenvalue weighted by atomic mass is 9.88. The van der Waals surface area contributed by atoms with Crippen LogP contribution in [0.2, 0.25) is 0 Å². The molecule has 3 rings (SSSR count). The van der Waals surface area contributed by atoms with Crippen molar-refractivity contribution < 1.29 is 19.7 Å². The molecule has 0 aromatic heterocycles. The zero-order valence-electron chi connectivity index (χ0n) is 10.5. The molecule has 0 spiro atoms. The fourth-order valence-electron chi connectivity index (χ4n) is 2.78. The summed E-state index contributed by atoms with van der Waals surface area (Å²) in [4.78, 5) is 10.6. The van der Waals surface area contributed by atoms with Gasteiger partial charge in [0.15, 0.2) is 0 Å². The van der Waals surface area contributed by atoms with Crippen LogP contribution in [0.1, 0.15) is 30.1 Å². The van der Waals surface area contributed by atoms with Gasteiger partial charge in [0.2, 0.25) is 0 Å². The summed E-state index contributed by atoms with van der Waals surface area (Å²) in [6.07, 6.45) is 0.974. The van der Waals surface area contributed by atoms with Crippen molar-refractivity contribution in [1.82, 2.24) is 0 Å². The van der Waals surface area contributed by atoms with Gasteiger partial charge in [0.05, 0.1) is 24.9 Å². The van der Waals surface area contributed by atoms with E-state index >= 15 is 0 Å². The molecule has 3 N–H and O–H groups in total. The molecule has 1 fully saturated rings. The number of rotatable bonds is 3. The van der Waals surface area contributed by atoms with E-state index in [9.17, 15) is 9.90 Å². The summed E-state index contributed by atoms with van der Waals surface area (Å²) < 4.78 is 5.66. The van der Waals surface area contributed by atoms with Gasteiger partial charge in [-0.3, -0.25) is 4.79 Å². The molecular formula is C14H17NO4. The lowest BCUT2D eigenvalue weighted by molar-refractivity contribution is -0.136. The number of benzene rings is 1. The van der Waals surface area contributed by atoms with Crippen molar-refractivity contribution in [1.29, 1.82) is 0 Å². The van der Waals surface area contributed by atoms with Crippen LogP contribution in [-0.2, 0) is 16.0 Å². The van der Waals surface area contributed by atoms with E-state index < -0.39 is 12.1 Å². The SMILES string of the molecule is O=C(O)CCc1ccc2c(c1)C1CC(N2)[C@H](O)CO1. The minimum Gasteiger partial charge on any atom is -0.481 e. The lowest BCUT2D eigenvalue weighted by Gasteiger charge is -2.40. The molecule has 1 saturated heterocycles. The Morgan fingerprint density at radius 2 is 2.32 bits per heavy atom. The van der Waals surface area contributed by atoms with Gasteiger partial charge < -0.3 is 20.3 Å². The number of aliphatic carboxylic acids is 1. The van der Waals surface area contributed by atoms with Crippen molar-refractivity contribution in [3.8, 4) is 0 Å². The van der Waals surface area contributed by atoms with Crippen molar-refractivity contribution in [2.24, 2.45) is 0 Å². The molecule has 19 heavy (non-hydrogen) atoms. The van der Waals surface area contributed by atoms with Gasteiger partial charge in [0, 0.05) is 24.1 Å². The molecule has 5 heteroatoms. The first-order valence-corrected chi connectivity index (χ1v) is 6.54. The quantitative estimate of drug-likeness (QED) is 0.766. The van der Waals surface area contributed by atoms with Gasteiger partial charge in [0.25, 0.3) is 0 Å². The Hall–Kier alpha value is -1.59. The Morgan fingerprint density at radius 1 is 1.47 bits per heavy atom. The van der Waals surface area contributed by atoms with Crippen LogP contribution in [0, 0.1) is 0 Å². The molecular weight excluding hydrogens is 246 g/mol. The average Bonchev–Trinajstić information content (AvgIpc) is 2.41. The number of carbonyl (C=O) groups is 1. The standard InChI is InChI=1S/C14H17NO4/c16-12-7-19-13-6-11(12)15-10-3-1-8(5-9(10)13)2-4-14(17)18/h1,3,5,11-13,15-16H,2,4,6-7H2,(H,17,18)/t11?,12-,13?/m1/s1. The summed E-state index contributed by atoms with van der Waals surface area (Å²) in [5, 5.41) is 21.8. The van der Waals surface area contributed by atoms with E-state index in [-0.39, 0.29) is 18.6 Å². The predicted molar refractivity (Wildman–Crippen MR) is 69.1 cm³/mol. The highest BCUT2D eigenvalue weighted by atomic mass is 16.5. The summed E-state index contributed by atoms with van der Waals surface area (Å²) >= 11 is 0. The maximum Gasteiger partial charge on any atom is 0.303 e. The summed E-state index contributed by atoms with van der Waals surface area (Å²) in [5.74, 6) is -0.784. The van der Waals surface area contributed by atoms with Gasteiger partial charge >= 0.3 is 5.97 Å². The molecule has 0 aliphatic carbocycles. The number of aryl methyl sites for hydroxylation is 1. The van der Waals surface area contributed by atoms with Crippen LogP contribution >= 0.6 is 0 Å². The number of nitrogens with one attached hydrogen (secondary N) is 1. The Bertz CT molecular complexity index is 502. The first-order valence-electron chi connectivity index (χ1n) is 6.54. The van der Waals surface area contributed by atoms with Crippen molar-refractivity contribution in [2.45, 2.75) is 37.5 Å². The summed E-state index contributed by atoms with van der Waals surface area (Å²) in [5.41, 5.74) is 3.07. The molecule has 2 unspecified atom stereocenters. The lowest BCUT2D eigenvalue weighted by Crippen LogP contribution is -2.45. The molecule has 1 aromatic carbocycles. The zero-order valence-corrected chi connectivity index (χ0v) is 10.5. The minimum atomic E-state index is -0.784. The van der Waals surface area contributed by atoms with Crippen LogP contribution in [0.4, 0.5) is 5.69 Å². The van der Waals surface area contributed by atoms with Gasteiger partial charge in [0.1, 0.15) is 0 Å². The molecule has 1 aromatic rings. The number of ether oxygens (including phenoxy) is 1. The van der Waals surface area contributed by atoms with Crippen LogP contribution in [0.15, 0.2) is 18.2 Å².